The molecule has 0 amide bonds. The Morgan fingerprint density at radius 1 is 1.35 bits per heavy atom. The van der Waals surface area contributed by atoms with Crippen LogP contribution < -0.4 is 10.5 Å². The fraction of sp³-hybridized carbons (Fsp3) is 0.417. The van der Waals surface area contributed by atoms with Crippen LogP contribution in [0.4, 0.5) is 4.39 Å². The molecule has 0 bridgehead atoms. The van der Waals surface area contributed by atoms with Crippen LogP contribution in [0.3, 0.4) is 0 Å². The predicted octanol–water partition coefficient (Wildman–Crippen LogP) is 2.00. The fourth-order valence-electron chi connectivity index (χ4n) is 1.37. The number of halogens is 1. The van der Waals surface area contributed by atoms with Gasteiger partial charge in [0.1, 0.15) is 16.6 Å². The zero-order valence-electron chi connectivity index (χ0n) is 9.49. The first-order valence-electron chi connectivity index (χ1n) is 5.48. The molecule has 3 nitrogen and oxygen atoms in total. The van der Waals surface area contributed by atoms with Crippen molar-refractivity contribution in [3.63, 3.8) is 0 Å². The molecule has 1 aromatic rings. The van der Waals surface area contributed by atoms with E-state index in [0.29, 0.717) is 12.4 Å². The van der Waals surface area contributed by atoms with Crippen LogP contribution in [-0.4, -0.2) is 23.3 Å². The summed E-state index contributed by atoms with van der Waals surface area (Å²) in [6.45, 7) is 0.698. The Hall–Kier alpha value is -1.20. The molecular weight excluding hydrogens is 241 g/mol. The van der Waals surface area contributed by atoms with Crippen LogP contribution in [-0.2, 0) is 0 Å². The lowest BCUT2D eigenvalue weighted by atomic mass is 10.2. The van der Waals surface area contributed by atoms with E-state index in [1.807, 2.05) is 0 Å². The Kier molecular flexibility index (Phi) is 5.86. The van der Waals surface area contributed by atoms with Gasteiger partial charge in [-0.15, -0.1) is 0 Å². The maximum atomic E-state index is 13.5. The minimum Gasteiger partial charge on any atom is -0.493 e. The van der Waals surface area contributed by atoms with Crippen LogP contribution in [0.1, 0.15) is 24.8 Å². The lowest BCUT2D eigenvalue weighted by molar-refractivity contribution is 0.266. The second-order valence-electron chi connectivity index (χ2n) is 3.64. The summed E-state index contributed by atoms with van der Waals surface area (Å²) in [7, 11) is 0. The monoisotopic (exact) mass is 257 g/mol. The van der Waals surface area contributed by atoms with Crippen LogP contribution in [0, 0.1) is 5.82 Å². The van der Waals surface area contributed by atoms with Crippen molar-refractivity contribution in [2.45, 2.75) is 19.3 Å². The van der Waals surface area contributed by atoms with Gasteiger partial charge in [-0.3, -0.25) is 0 Å². The number of hydrogen-bond acceptors (Lipinski definition) is 3. The van der Waals surface area contributed by atoms with E-state index in [2.05, 4.69) is 0 Å². The summed E-state index contributed by atoms with van der Waals surface area (Å²) < 4.78 is 18.8. The third-order valence-electron chi connectivity index (χ3n) is 2.28. The average Bonchev–Trinajstić information content (AvgIpc) is 2.28. The minimum atomic E-state index is -0.467. The molecule has 1 aromatic carbocycles. The number of unbranched alkanes of at least 4 members (excludes halogenated alkanes) is 2. The second-order valence-corrected chi connectivity index (χ2v) is 4.08. The Morgan fingerprint density at radius 3 is 2.71 bits per heavy atom. The highest BCUT2D eigenvalue weighted by atomic mass is 32.1. The van der Waals surface area contributed by atoms with E-state index in [1.54, 1.807) is 6.07 Å². The molecule has 0 fully saturated rings. The summed E-state index contributed by atoms with van der Waals surface area (Å²) in [4.78, 5) is 0.0389. The SMILES string of the molecule is NC(=S)c1ccc(OCCCCCO)cc1F. The van der Waals surface area contributed by atoms with E-state index in [-0.39, 0.29) is 17.2 Å². The van der Waals surface area contributed by atoms with Crippen LogP contribution in [0.25, 0.3) is 0 Å². The first-order chi connectivity index (χ1) is 8.15. The number of hydrogen-bond donors (Lipinski definition) is 2. The van der Waals surface area contributed by atoms with Gasteiger partial charge in [-0.25, -0.2) is 4.39 Å². The first kappa shape index (κ1) is 13.9. The molecule has 94 valence electrons. The van der Waals surface area contributed by atoms with Gasteiger partial charge in [0.25, 0.3) is 0 Å². The largest absolute Gasteiger partial charge is 0.493 e. The number of aliphatic hydroxyl groups is 1. The fourth-order valence-corrected chi connectivity index (χ4v) is 1.53. The summed E-state index contributed by atoms with van der Waals surface area (Å²) in [6.07, 6.45) is 2.49. The van der Waals surface area contributed by atoms with Gasteiger partial charge >= 0.3 is 0 Å². The normalized spacial score (nSPS) is 10.2. The molecule has 1 rings (SSSR count). The maximum absolute atomic E-state index is 13.5. The van der Waals surface area contributed by atoms with Crippen molar-refractivity contribution in [1.82, 2.24) is 0 Å². The van der Waals surface area contributed by atoms with Crippen LogP contribution in [0.15, 0.2) is 18.2 Å². The molecule has 0 aromatic heterocycles. The molecule has 0 unspecified atom stereocenters. The van der Waals surface area contributed by atoms with Crippen LogP contribution >= 0.6 is 12.2 Å². The van der Waals surface area contributed by atoms with E-state index in [1.165, 1.54) is 12.1 Å². The Bertz CT molecular complexity index is 385. The highest BCUT2D eigenvalue weighted by Gasteiger charge is 2.06. The summed E-state index contributed by atoms with van der Waals surface area (Å²) >= 11 is 4.70. The number of nitrogens with two attached hydrogens (primary N) is 1. The van der Waals surface area contributed by atoms with Crippen molar-refractivity contribution < 1.29 is 14.2 Å². The molecule has 0 aliphatic rings. The molecule has 0 heterocycles. The zero-order valence-corrected chi connectivity index (χ0v) is 10.3. The van der Waals surface area contributed by atoms with Crippen molar-refractivity contribution in [3.8, 4) is 5.75 Å². The summed E-state index contributed by atoms with van der Waals surface area (Å²) in [5.41, 5.74) is 5.58. The average molecular weight is 257 g/mol. The van der Waals surface area contributed by atoms with E-state index >= 15 is 0 Å². The van der Waals surface area contributed by atoms with Crippen molar-refractivity contribution in [1.29, 1.82) is 0 Å². The molecule has 5 heteroatoms. The summed E-state index contributed by atoms with van der Waals surface area (Å²) in [6, 6.07) is 4.44. The number of aliphatic hydroxyl groups excluding tert-OH is 1. The molecule has 0 saturated heterocycles. The molecular formula is C12H16FNO2S. The maximum Gasteiger partial charge on any atom is 0.137 e. The standard InChI is InChI=1S/C12H16FNO2S/c13-11-8-9(4-5-10(11)12(14)17)16-7-3-1-2-6-15/h4-5,8,15H,1-3,6-7H2,(H2,14,17). The quantitative estimate of drug-likeness (QED) is 0.579. The topological polar surface area (TPSA) is 55.5 Å². The number of rotatable bonds is 7. The van der Waals surface area contributed by atoms with Gasteiger partial charge in [-0.2, -0.15) is 0 Å². The van der Waals surface area contributed by atoms with Gasteiger partial charge in [0.15, 0.2) is 0 Å². The third kappa shape index (κ3) is 4.66. The van der Waals surface area contributed by atoms with Gasteiger partial charge in [0.2, 0.25) is 0 Å². The molecule has 0 aliphatic heterocycles. The number of benzene rings is 1. The molecule has 0 aliphatic carbocycles. The van der Waals surface area contributed by atoms with Crippen molar-refractivity contribution >= 4 is 17.2 Å². The number of ether oxygens (including phenoxy) is 1. The first-order valence-corrected chi connectivity index (χ1v) is 5.89. The number of thiocarbonyl (C=S) groups is 1. The molecule has 0 spiro atoms. The smallest absolute Gasteiger partial charge is 0.137 e. The van der Waals surface area contributed by atoms with E-state index < -0.39 is 5.82 Å². The predicted molar refractivity (Wildman–Crippen MR) is 68.7 cm³/mol. The van der Waals surface area contributed by atoms with E-state index in [0.717, 1.165) is 19.3 Å². The van der Waals surface area contributed by atoms with E-state index in [9.17, 15) is 4.39 Å². The molecule has 3 N–H and O–H groups in total. The van der Waals surface area contributed by atoms with Crippen LogP contribution in [0.5, 0.6) is 5.75 Å². The van der Waals surface area contributed by atoms with Gasteiger partial charge < -0.3 is 15.6 Å². The summed E-state index contributed by atoms with van der Waals surface area (Å²) in [5.74, 6) is -0.00291. The highest BCUT2D eigenvalue weighted by Crippen LogP contribution is 2.17. The lowest BCUT2D eigenvalue weighted by Gasteiger charge is -2.07. The third-order valence-corrected chi connectivity index (χ3v) is 2.50. The van der Waals surface area contributed by atoms with Crippen molar-refractivity contribution in [2.24, 2.45) is 5.73 Å². The molecule has 0 radical (unpaired) electrons. The van der Waals surface area contributed by atoms with Crippen LogP contribution in [0.2, 0.25) is 0 Å². The molecule has 0 atom stereocenters. The van der Waals surface area contributed by atoms with Crippen molar-refractivity contribution in [2.75, 3.05) is 13.2 Å². The summed E-state index contributed by atoms with van der Waals surface area (Å²) in [5, 5.41) is 8.59. The van der Waals surface area contributed by atoms with Gasteiger partial charge in [0.05, 0.1) is 6.61 Å². The minimum absolute atomic E-state index is 0.0389. The van der Waals surface area contributed by atoms with E-state index in [4.69, 9.17) is 27.8 Å². The highest BCUT2D eigenvalue weighted by molar-refractivity contribution is 7.80. The Labute approximate surface area is 105 Å². The van der Waals surface area contributed by atoms with Crippen molar-refractivity contribution in [3.05, 3.63) is 29.6 Å². The molecule has 0 saturated carbocycles. The van der Waals surface area contributed by atoms with Gasteiger partial charge in [0, 0.05) is 18.2 Å². The Balaban J connectivity index is 2.45. The lowest BCUT2D eigenvalue weighted by Crippen LogP contribution is -2.11. The van der Waals surface area contributed by atoms with Gasteiger partial charge in [-0.1, -0.05) is 12.2 Å². The zero-order chi connectivity index (χ0) is 12.7. The Morgan fingerprint density at radius 2 is 2.12 bits per heavy atom. The molecule has 17 heavy (non-hydrogen) atoms. The van der Waals surface area contributed by atoms with Gasteiger partial charge in [-0.05, 0) is 31.4 Å². The second kappa shape index (κ2) is 7.19.